The number of nitrogens with one attached hydrogen (secondary N) is 2. The van der Waals surface area contributed by atoms with E-state index in [2.05, 4.69) is 20.6 Å². The highest BCUT2D eigenvalue weighted by molar-refractivity contribution is 6.43. The maximum absolute atomic E-state index is 12.6. The molecule has 2 aromatic heterocycles. The van der Waals surface area contributed by atoms with Crippen molar-refractivity contribution in [2.24, 2.45) is 0 Å². The Morgan fingerprint density at radius 1 is 0.516 bits per heavy atom. The van der Waals surface area contributed by atoms with Gasteiger partial charge in [0.05, 0.1) is 81.7 Å². The number of benzene rings is 2. The minimum Gasteiger partial charge on any atom is -0.466 e. The van der Waals surface area contributed by atoms with Gasteiger partial charge in [-0.25, -0.2) is 19.2 Å². The first kappa shape index (κ1) is 49.0. The number of esters is 4. The first-order chi connectivity index (χ1) is 29.6. The van der Waals surface area contributed by atoms with Crippen molar-refractivity contribution >= 4 is 70.3 Å². The first-order valence-corrected chi connectivity index (χ1v) is 20.7. The van der Waals surface area contributed by atoms with Crippen molar-refractivity contribution in [1.29, 1.82) is 0 Å². The molecule has 0 saturated carbocycles. The lowest BCUT2D eigenvalue weighted by atomic mass is 9.80. The van der Waals surface area contributed by atoms with Crippen molar-refractivity contribution < 1.29 is 38.1 Å². The third-order valence-corrected chi connectivity index (χ3v) is 11.3. The maximum Gasteiger partial charge on any atom is 0.336 e. The third-order valence-electron chi connectivity index (χ3n) is 9.60. The molecule has 2 aromatic carbocycles. The molecule has 4 heterocycles. The number of pyridine rings is 2. The second-order valence-electron chi connectivity index (χ2n) is 13.5. The molecule has 326 valence electrons. The van der Waals surface area contributed by atoms with Crippen molar-refractivity contribution in [3.05, 3.63) is 162 Å². The monoisotopic (exact) mass is 922 g/mol. The topological polar surface area (TPSA) is 155 Å². The SMILES string of the molecule is CCOC(=O)C1=C(C)NC(C)=C(C(=O)OC)[C@@H]1c1cccc(Cl)c1Cl.CCOC(=O)C1=C(C)NC(C)=C(C(=O)OC)[C@H]1c1cccc(Cl)c1Cl.c1cc(-c2ccncc2)ccn1. The predicted molar refractivity (Wildman–Crippen MR) is 240 cm³/mol. The second kappa shape index (κ2) is 23.0. The van der Waals surface area contributed by atoms with Gasteiger partial charge in [0.1, 0.15) is 0 Å². The van der Waals surface area contributed by atoms with E-state index >= 15 is 0 Å². The van der Waals surface area contributed by atoms with Gasteiger partial charge in [-0.1, -0.05) is 70.7 Å². The zero-order valence-corrected chi connectivity index (χ0v) is 38.3. The molecule has 0 bridgehead atoms. The molecule has 2 aliphatic rings. The van der Waals surface area contributed by atoms with Crippen LogP contribution in [0.2, 0.25) is 20.1 Å². The summed E-state index contributed by atoms with van der Waals surface area (Å²) >= 11 is 25.0. The third kappa shape index (κ3) is 11.4. The van der Waals surface area contributed by atoms with Gasteiger partial charge in [0, 0.05) is 47.6 Å². The number of rotatable bonds is 9. The molecule has 0 aliphatic carbocycles. The van der Waals surface area contributed by atoms with E-state index in [9.17, 15) is 19.2 Å². The Balaban J connectivity index is 0.000000217. The molecule has 0 amide bonds. The lowest BCUT2D eigenvalue weighted by Crippen LogP contribution is -2.32. The smallest absolute Gasteiger partial charge is 0.336 e. The van der Waals surface area contributed by atoms with Crippen LogP contribution in [0.25, 0.3) is 11.1 Å². The summed E-state index contributed by atoms with van der Waals surface area (Å²) < 4.78 is 20.2. The predicted octanol–water partition coefficient (Wildman–Crippen LogP) is 10.1. The van der Waals surface area contributed by atoms with Crippen LogP contribution in [-0.2, 0) is 38.1 Å². The number of methoxy groups -OCH3 is 2. The van der Waals surface area contributed by atoms with Gasteiger partial charge in [-0.2, -0.15) is 0 Å². The zero-order chi connectivity index (χ0) is 45.7. The fourth-order valence-corrected chi connectivity index (χ4v) is 7.74. The summed E-state index contributed by atoms with van der Waals surface area (Å²) in [5.74, 6) is -3.64. The van der Waals surface area contributed by atoms with Crippen LogP contribution in [0.4, 0.5) is 0 Å². The number of ether oxygens (including phenoxy) is 4. The number of nitrogens with zero attached hydrogens (tertiary/aromatic N) is 2. The summed E-state index contributed by atoms with van der Waals surface area (Å²) in [5, 5.41) is 7.32. The normalized spacial score (nSPS) is 15.8. The van der Waals surface area contributed by atoms with Gasteiger partial charge in [0.15, 0.2) is 0 Å². The molecule has 0 radical (unpaired) electrons. The summed E-state index contributed by atoms with van der Waals surface area (Å²) in [4.78, 5) is 57.9. The molecule has 0 fully saturated rings. The second-order valence-corrected chi connectivity index (χ2v) is 15.0. The first-order valence-electron chi connectivity index (χ1n) is 19.2. The van der Waals surface area contributed by atoms with Crippen LogP contribution < -0.4 is 10.6 Å². The Kier molecular flexibility index (Phi) is 18.2. The van der Waals surface area contributed by atoms with Crippen molar-refractivity contribution in [1.82, 2.24) is 20.6 Å². The van der Waals surface area contributed by atoms with Gasteiger partial charge in [-0.15, -0.1) is 0 Å². The Morgan fingerprint density at radius 3 is 1.11 bits per heavy atom. The van der Waals surface area contributed by atoms with Crippen molar-refractivity contribution in [2.75, 3.05) is 27.4 Å². The van der Waals surface area contributed by atoms with Crippen LogP contribution in [0.1, 0.15) is 64.5 Å². The van der Waals surface area contributed by atoms with E-state index in [-0.39, 0.29) is 23.3 Å². The molecule has 0 spiro atoms. The number of dihydropyridines is 2. The number of allylic oxidation sites excluding steroid dienone is 4. The molecule has 2 atom stereocenters. The number of halogens is 4. The Bertz CT molecular complexity index is 2270. The fraction of sp³-hybridized carbons (Fsp3) is 0.261. The highest BCUT2D eigenvalue weighted by Crippen LogP contribution is 2.45. The van der Waals surface area contributed by atoms with Gasteiger partial charge >= 0.3 is 23.9 Å². The average molecular weight is 925 g/mol. The van der Waals surface area contributed by atoms with Gasteiger partial charge in [0.25, 0.3) is 0 Å². The van der Waals surface area contributed by atoms with E-state index in [0.717, 1.165) is 0 Å². The molecule has 12 nitrogen and oxygen atoms in total. The van der Waals surface area contributed by atoms with Crippen LogP contribution in [0.15, 0.2) is 131 Å². The Labute approximate surface area is 380 Å². The van der Waals surface area contributed by atoms with Crippen LogP contribution in [0.3, 0.4) is 0 Å². The van der Waals surface area contributed by atoms with Crippen molar-refractivity contribution in [2.45, 2.75) is 53.4 Å². The molecule has 62 heavy (non-hydrogen) atoms. The number of aromatic nitrogens is 2. The molecule has 0 saturated heterocycles. The van der Waals surface area contributed by atoms with Crippen LogP contribution in [0, 0.1) is 0 Å². The van der Waals surface area contributed by atoms with Crippen LogP contribution in [0.5, 0.6) is 0 Å². The highest BCUT2D eigenvalue weighted by Gasteiger charge is 2.40. The van der Waals surface area contributed by atoms with E-state index in [0.29, 0.717) is 66.3 Å². The summed E-state index contributed by atoms with van der Waals surface area (Å²) in [6, 6.07) is 18.1. The van der Waals surface area contributed by atoms with E-state index in [1.807, 2.05) is 24.3 Å². The largest absolute Gasteiger partial charge is 0.466 e. The van der Waals surface area contributed by atoms with Gasteiger partial charge in [0.2, 0.25) is 0 Å². The zero-order valence-electron chi connectivity index (χ0n) is 35.3. The number of carbonyl (C=O) groups is 4. The average Bonchev–Trinajstić information content (AvgIpc) is 3.26. The molecule has 4 aromatic rings. The van der Waals surface area contributed by atoms with E-state index < -0.39 is 35.7 Å². The van der Waals surface area contributed by atoms with Gasteiger partial charge in [-0.3, -0.25) is 9.97 Å². The minimum atomic E-state index is -0.737. The van der Waals surface area contributed by atoms with E-state index in [4.69, 9.17) is 65.4 Å². The lowest BCUT2D eigenvalue weighted by Gasteiger charge is -2.30. The number of hydrogen-bond acceptors (Lipinski definition) is 12. The Morgan fingerprint density at radius 2 is 0.823 bits per heavy atom. The van der Waals surface area contributed by atoms with E-state index in [1.54, 1.807) is 103 Å². The molecular weight excluding hydrogens is 878 g/mol. The maximum atomic E-state index is 12.6. The molecule has 6 rings (SSSR count). The molecule has 2 aliphatic heterocycles. The van der Waals surface area contributed by atoms with Crippen molar-refractivity contribution in [3.63, 3.8) is 0 Å². The summed E-state index contributed by atoms with van der Waals surface area (Å²) in [6.45, 7) is 10.8. The van der Waals surface area contributed by atoms with Gasteiger partial charge in [-0.05, 0) is 100 Å². The van der Waals surface area contributed by atoms with Crippen molar-refractivity contribution in [3.8, 4) is 11.1 Å². The standard InChI is InChI=1S/2C18H19Cl2NO4.C10H8N2/c2*1-5-25-18(23)14-10(3)21-9(2)13(17(22)24-4)15(14)11-7-6-8-12(19)16(11)20;1-5-11-6-2-9(1)10-3-7-12-8-4-10/h2*6-8,15,21H,5H2,1-4H3;1-8H/t2*15-;/m10./s1. The Hall–Kier alpha value is -5.66. The molecule has 2 N–H and O–H groups in total. The molecular formula is C46H46Cl4N4O8. The molecule has 0 unspecified atom stereocenters. The highest BCUT2D eigenvalue weighted by atomic mass is 35.5. The number of carbonyl (C=O) groups excluding carboxylic acids is 4. The summed E-state index contributed by atoms with van der Waals surface area (Å²) in [6.07, 6.45) is 7.15. The quantitative estimate of drug-likeness (QED) is 0.121. The summed E-state index contributed by atoms with van der Waals surface area (Å²) in [5.41, 5.74) is 6.95. The van der Waals surface area contributed by atoms with E-state index in [1.165, 1.54) is 25.3 Å². The minimum absolute atomic E-state index is 0.210. The van der Waals surface area contributed by atoms with Crippen LogP contribution in [-0.4, -0.2) is 61.3 Å². The fourth-order valence-electron chi connectivity index (χ4n) is 6.91. The van der Waals surface area contributed by atoms with Crippen LogP contribution >= 0.6 is 46.4 Å². The summed E-state index contributed by atoms with van der Waals surface area (Å²) in [7, 11) is 2.57. The number of hydrogen-bond donors (Lipinski definition) is 2. The lowest BCUT2D eigenvalue weighted by molar-refractivity contribution is -0.140. The molecule has 16 heteroatoms. The van der Waals surface area contributed by atoms with Gasteiger partial charge < -0.3 is 29.6 Å².